The molecule has 31 heavy (non-hydrogen) atoms. The highest BCUT2D eigenvalue weighted by atomic mass is 28.4. The highest BCUT2D eigenvalue weighted by molar-refractivity contribution is 6.66. The van der Waals surface area contributed by atoms with Crippen molar-refractivity contribution in [3.8, 4) is 0 Å². The van der Waals surface area contributed by atoms with Crippen LogP contribution < -0.4 is 0 Å². The lowest BCUT2D eigenvalue weighted by atomic mass is 9.98. The molecule has 0 aromatic heterocycles. The maximum atomic E-state index is 6.93. The third-order valence-corrected chi connectivity index (χ3v) is 9.80. The molecule has 0 heterocycles. The zero-order chi connectivity index (χ0) is 21.2. The van der Waals surface area contributed by atoms with Gasteiger partial charge in [0.2, 0.25) is 0 Å². The Morgan fingerprint density at radius 3 is 1.45 bits per heavy atom. The van der Waals surface area contributed by atoms with E-state index in [1.54, 1.807) is 0 Å². The van der Waals surface area contributed by atoms with Crippen LogP contribution in [-0.4, -0.2) is 27.1 Å². The minimum absolute atomic E-state index is 0.300. The lowest BCUT2D eigenvalue weighted by Crippen LogP contribution is -2.52. The molecule has 1 aromatic rings. The van der Waals surface area contributed by atoms with Crippen molar-refractivity contribution in [1.82, 2.24) is 0 Å². The van der Waals surface area contributed by atoms with Crippen LogP contribution in [0.5, 0.6) is 0 Å². The van der Waals surface area contributed by atoms with Gasteiger partial charge in [0, 0.05) is 18.3 Å². The Morgan fingerprint density at radius 1 is 0.613 bits per heavy atom. The quantitative estimate of drug-likeness (QED) is 0.375. The van der Waals surface area contributed by atoms with Crippen molar-refractivity contribution < 1.29 is 13.3 Å². The molecule has 0 radical (unpaired) electrons. The monoisotopic (exact) mass is 442 g/mol. The molecule has 0 unspecified atom stereocenters. The van der Waals surface area contributed by atoms with E-state index in [1.807, 2.05) is 0 Å². The van der Waals surface area contributed by atoms with Crippen LogP contribution in [0.15, 0.2) is 42.1 Å². The summed E-state index contributed by atoms with van der Waals surface area (Å²) in [5.41, 5.74) is 3.59. The maximum Gasteiger partial charge on any atom is 0.530 e. The molecule has 3 nitrogen and oxygen atoms in total. The van der Waals surface area contributed by atoms with E-state index in [4.69, 9.17) is 13.3 Å². The Labute approximate surface area is 190 Å². The number of benzene rings is 1. The second-order valence-electron chi connectivity index (χ2n) is 9.83. The van der Waals surface area contributed by atoms with E-state index in [0.717, 1.165) is 44.9 Å². The molecule has 3 aliphatic rings. The summed E-state index contributed by atoms with van der Waals surface area (Å²) in [6.07, 6.45) is 22.7. The molecule has 3 aliphatic carbocycles. The molecular weight excluding hydrogens is 400 g/mol. The predicted octanol–water partition coefficient (Wildman–Crippen LogP) is 7.31. The van der Waals surface area contributed by atoms with Crippen LogP contribution in [0.25, 0.3) is 0 Å². The molecule has 0 amide bonds. The van der Waals surface area contributed by atoms with E-state index in [-0.39, 0.29) is 0 Å². The molecule has 1 aromatic carbocycles. The van der Waals surface area contributed by atoms with Crippen LogP contribution >= 0.6 is 0 Å². The molecule has 0 atom stereocenters. The summed E-state index contributed by atoms with van der Waals surface area (Å²) in [4.78, 5) is 0. The first kappa shape index (κ1) is 23.2. The summed E-state index contributed by atoms with van der Waals surface area (Å²) in [5.74, 6) is 0. The van der Waals surface area contributed by atoms with E-state index in [2.05, 4.69) is 42.1 Å². The zero-order valence-corrected chi connectivity index (χ0v) is 20.3. The van der Waals surface area contributed by atoms with Gasteiger partial charge in [0.15, 0.2) is 0 Å². The van der Waals surface area contributed by atoms with Crippen LogP contribution in [0.4, 0.5) is 0 Å². The van der Waals surface area contributed by atoms with Gasteiger partial charge in [-0.3, -0.25) is 0 Å². The molecule has 4 heteroatoms. The number of allylic oxidation sites excluding steroid dienone is 1. The summed E-state index contributed by atoms with van der Waals surface area (Å²) in [6.45, 7) is 0. The predicted molar refractivity (Wildman–Crippen MR) is 129 cm³/mol. The Hall–Kier alpha value is -0.943. The van der Waals surface area contributed by atoms with Crippen LogP contribution in [0.3, 0.4) is 0 Å². The number of hydrogen-bond acceptors (Lipinski definition) is 3. The average molecular weight is 443 g/mol. The van der Waals surface area contributed by atoms with Gasteiger partial charge in [-0.2, -0.15) is 0 Å². The molecule has 172 valence electrons. The van der Waals surface area contributed by atoms with Crippen molar-refractivity contribution in [2.75, 3.05) is 0 Å². The number of rotatable bonds is 9. The lowest BCUT2D eigenvalue weighted by Gasteiger charge is -2.39. The Balaban J connectivity index is 1.54. The summed E-state index contributed by atoms with van der Waals surface area (Å²) in [7, 11) is -2.89. The van der Waals surface area contributed by atoms with Gasteiger partial charge in [0.05, 0.1) is 0 Å². The highest BCUT2D eigenvalue weighted by Crippen LogP contribution is 2.33. The van der Waals surface area contributed by atoms with Gasteiger partial charge in [0.25, 0.3) is 0 Å². The second-order valence-corrected chi connectivity index (χ2v) is 12.1. The Kier molecular flexibility index (Phi) is 9.24. The minimum atomic E-state index is -2.89. The molecule has 3 saturated carbocycles. The lowest BCUT2D eigenvalue weighted by molar-refractivity contribution is -0.0320. The molecule has 0 bridgehead atoms. The topological polar surface area (TPSA) is 27.7 Å². The first-order chi connectivity index (χ1) is 15.3. The summed E-state index contributed by atoms with van der Waals surface area (Å²) < 4.78 is 20.8. The SMILES string of the molecule is C(=C[Si](OC1CCCCC1)(OC1CCCCC1)OC1CCCCC1)Cc1ccccc1. The third-order valence-electron chi connectivity index (χ3n) is 7.17. The van der Waals surface area contributed by atoms with Gasteiger partial charge in [0.1, 0.15) is 0 Å². The first-order valence-electron chi connectivity index (χ1n) is 13.1. The summed E-state index contributed by atoms with van der Waals surface area (Å²) in [5, 5.41) is 0. The van der Waals surface area contributed by atoms with Gasteiger partial charge >= 0.3 is 8.80 Å². The van der Waals surface area contributed by atoms with Crippen molar-refractivity contribution in [3.05, 3.63) is 47.7 Å². The largest absolute Gasteiger partial charge is 0.530 e. The maximum absolute atomic E-state index is 6.93. The Bertz CT molecular complexity index is 593. The van der Waals surface area contributed by atoms with E-state index in [1.165, 1.54) is 63.4 Å². The normalized spacial score (nSPS) is 22.8. The van der Waals surface area contributed by atoms with E-state index < -0.39 is 8.80 Å². The molecule has 3 fully saturated rings. The standard InChI is InChI=1S/C27H42O3Si/c1-5-14-24(15-6-1)16-13-23-31(28-25-17-7-2-8-18-25,29-26-19-9-3-10-20-26)30-27-21-11-4-12-22-27/h1,5-6,13-15,23,25-27H,2-4,7-12,16-22H2. The van der Waals surface area contributed by atoms with E-state index >= 15 is 0 Å². The average Bonchev–Trinajstić information content (AvgIpc) is 2.82. The van der Waals surface area contributed by atoms with Crippen molar-refractivity contribution in [1.29, 1.82) is 0 Å². The fraction of sp³-hybridized carbons (Fsp3) is 0.704. The fourth-order valence-electron chi connectivity index (χ4n) is 5.40. The van der Waals surface area contributed by atoms with Crippen LogP contribution in [-0.2, 0) is 19.7 Å². The van der Waals surface area contributed by atoms with Crippen molar-refractivity contribution in [3.63, 3.8) is 0 Å². The third kappa shape index (κ3) is 7.56. The highest BCUT2D eigenvalue weighted by Gasteiger charge is 2.45. The molecule has 0 N–H and O–H groups in total. The van der Waals surface area contributed by atoms with Gasteiger partial charge in [-0.25, -0.2) is 0 Å². The van der Waals surface area contributed by atoms with Crippen molar-refractivity contribution >= 4 is 8.80 Å². The molecular formula is C27H42O3Si. The van der Waals surface area contributed by atoms with E-state index in [9.17, 15) is 0 Å². The number of hydrogen-bond donors (Lipinski definition) is 0. The molecule has 0 spiro atoms. The fourth-order valence-corrected chi connectivity index (χ4v) is 8.31. The summed E-state index contributed by atoms with van der Waals surface area (Å²) in [6, 6.07) is 10.7. The zero-order valence-electron chi connectivity index (χ0n) is 19.3. The van der Waals surface area contributed by atoms with Crippen LogP contribution in [0, 0.1) is 0 Å². The van der Waals surface area contributed by atoms with Crippen LogP contribution in [0.2, 0.25) is 0 Å². The van der Waals surface area contributed by atoms with Gasteiger partial charge in [-0.15, -0.1) is 0 Å². The smallest absolute Gasteiger partial charge is 0.367 e. The second kappa shape index (κ2) is 12.3. The summed E-state index contributed by atoms with van der Waals surface area (Å²) >= 11 is 0. The van der Waals surface area contributed by atoms with Crippen molar-refractivity contribution in [2.45, 2.75) is 121 Å². The minimum Gasteiger partial charge on any atom is -0.367 e. The first-order valence-corrected chi connectivity index (χ1v) is 14.9. The molecule has 0 aliphatic heterocycles. The van der Waals surface area contributed by atoms with Crippen LogP contribution in [0.1, 0.15) is 102 Å². The van der Waals surface area contributed by atoms with Gasteiger partial charge in [-0.05, 0) is 56.2 Å². The molecule has 0 saturated heterocycles. The Morgan fingerprint density at radius 2 is 1.03 bits per heavy atom. The van der Waals surface area contributed by atoms with Gasteiger partial charge < -0.3 is 13.3 Å². The van der Waals surface area contributed by atoms with E-state index in [0.29, 0.717) is 18.3 Å². The molecule has 4 rings (SSSR count). The van der Waals surface area contributed by atoms with Gasteiger partial charge in [-0.1, -0.05) is 94.2 Å². The van der Waals surface area contributed by atoms with Crippen molar-refractivity contribution in [2.24, 2.45) is 0 Å².